The molecule has 0 aromatic heterocycles. The summed E-state index contributed by atoms with van der Waals surface area (Å²) in [5.74, 6) is 0.311. The first-order chi connectivity index (χ1) is 46.6. The van der Waals surface area contributed by atoms with Crippen LogP contribution in [0.5, 0.6) is 0 Å². The third-order valence-electron chi connectivity index (χ3n) is 20.1. The lowest BCUT2D eigenvalue weighted by molar-refractivity contribution is -0.438. The Morgan fingerprint density at radius 2 is 0.919 bits per heavy atom. The molecule has 3 N–H and O–H groups in total. The average Bonchev–Trinajstić information content (AvgIpc) is 1.62. The lowest BCUT2D eigenvalue weighted by Gasteiger charge is -2.35. The second-order valence-corrected chi connectivity index (χ2v) is 30.7. The maximum absolute atomic E-state index is 12.6. The molecule has 0 bridgehead atoms. The lowest BCUT2D eigenvalue weighted by atomic mass is 9.81. The van der Waals surface area contributed by atoms with Crippen LogP contribution in [0.4, 0.5) is 22.7 Å². The van der Waals surface area contributed by atoms with Gasteiger partial charge in [-0.2, -0.15) is 14.4 Å². The first-order valence-electron chi connectivity index (χ1n) is 36.9. The molecular weight excluding hydrogens is 1470 g/mol. The molecule has 542 valence electrons. The fourth-order valence-corrected chi connectivity index (χ4v) is 16.5. The summed E-state index contributed by atoms with van der Waals surface area (Å²) in [6.07, 6.45) is 29.2. The minimum atomic E-state index is -1.18. The minimum Gasteiger partial charge on any atom is -1.00 e. The number of amides is 2. The first kappa shape index (κ1) is 84.6. The zero-order valence-corrected chi connectivity index (χ0v) is 67.9. The molecule has 4 aliphatic rings. The second-order valence-electron chi connectivity index (χ2n) is 29.2. The number of allylic oxidation sites excluding steroid dienone is 8. The van der Waals surface area contributed by atoms with Gasteiger partial charge in [-0.25, -0.2) is 4.67 Å². The Kier molecular flexibility index (Phi) is 35.3. The van der Waals surface area contributed by atoms with Crippen molar-refractivity contribution in [1.82, 2.24) is 15.3 Å². The number of para-hydroxylation sites is 4. The van der Waals surface area contributed by atoms with Crippen LogP contribution in [-0.2, 0) is 40.3 Å². The predicted octanol–water partition coefficient (Wildman–Crippen LogP) is 12.4. The third-order valence-corrected chi connectivity index (χ3v) is 22.2. The van der Waals surface area contributed by atoms with Crippen molar-refractivity contribution in [2.45, 2.75) is 240 Å². The normalized spacial score (nSPS) is 17.1. The van der Waals surface area contributed by atoms with Crippen molar-refractivity contribution in [2.75, 3.05) is 68.9 Å². The number of fused-ring (bicyclic) bond motifs is 4. The van der Waals surface area contributed by atoms with E-state index < -0.39 is 8.53 Å². The number of likely N-dealkylation sites (N-methyl/N-ethyl adjacent to an activating group) is 2. The van der Waals surface area contributed by atoms with Gasteiger partial charge in [0.2, 0.25) is 23.2 Å². The monoisotopic (exact) mass is 1590 g/mol. The van der Waals surface area contributed by atoms with Gasteiger partial charge in [0.05, 0.1) is 36.5 Å². The highest BCUT2D eigenvalue weighted by molar-refractivity contribution is 7.44. The number of aliphatic hydroxyl groups is 1. The van der Waals surface area contributed by atoms with Crippen molar-refractivity contribution in [3.63, 3.8) is 0 Å². The molecule has 4 aromatic carbocycles. The summed E-state index contributed by atoms with van der Waals surface area (Å²) in [6.45, 7) is 38.2. The summed E-state index contributed by atoms with van der Waals surface area (Å²) in [4.78, 5) is 29.8. The lowest BCUT2D eigenvalue weighted by Crippen LogP contribution is -3.00. The highest BCUT2D eigenvalue weighted by atomic mass is 127. The number of aliphatic hydroxyl groups excluding tert-OH is 1. The maximum atomic E-state index is 12.6. The molecule has 1 atom stereocenters. The molecule has 0 radical (unpaired) electrons. The molecule has 16 heteroatoms. The van der Waals surface area contributed by atoms with Gasteiger partial charge >= 0.3 is 0 Å². The topological polar surface area (TPSA) is 136 Å². The van der Waals surface area contributed by atoms with E-state index in [0.717, 1.165) is 129 Å². The molecule has 0 spiro atoms. The molecule has 99 heavy (non-hydrogen) atoms. The summed E-state index contributed by atoms with van der Waals surface area (Å²) in [5.41, 5.74) is 15.8. The van der Waals surface area contributed by atoms with Gasteiger partial charge in [0.25, 0.3) is 8.53 Å². The summed E-state index contributed by atoms with van der Waals surface area (Å²) in [5, 5.41) is 24.0. The molecule has 0 saturated carbocycles. The van der Waals surface area contributed by atoms with Crippen LogP contribution in [0.3, 0.4) is 0 Å². The summed E-state index contributed by atoms with van der Waals surface area (Å²) < 4.78 is 19.4. The van der Waals surface area contributed by atoms with Crippen molar-refractivity contribution in [3.8, 4) is 6.07 Å². The Morgan fingerprint density at radius 1 is 0.535 bits per heavy atom. The number of rotatable bonds is 38. The van der Waals surface area contributed by atoms with Crippen LogP contribution in [0.15, 0.2) is 145 Å². The second kappa shape index (κ2) is 41.3. The summed E-state index contributed by atoms with van der Waals surface area (Å²) in [7, 11) is -1.18. The number of hydrogen-bond donors (Lipinski definition) is 3. The molecule has 4 aliphatic heterocycles. The molecular formula is C83H121I2N8O5P. The van der Waals surface area contributed by atoms with E-state index in [-0.39, 0.29) is 88.0 Å². The Bertz CT molecular complexity index is 3460. The molecule has 4 heterocycles. The third kappa shape index (κ3) is 22.0. The molecule has 1 unspecified atom stereocenters. The van der Waals surface area contributed by atoms with Gasteiger partial charge in [-0.15, -0.1) is 0 Å². The van der Waals surface area contributed by atoms with E-state index in [9.17, 15) is 9.59 Å². The van der Waals surface area contributed by atoms with Crippen LogP contribution in [0, 0.1) is 11.3 Å². The molecule has 2 amide bonds. The number of nitrogens with one attached hydrogen (secondary N) is 2. The van der Waals surface area contributed by atoms with Crippen molar-refractivity contribution >= 4 is 54.5 Å². The van der Waals surface area contributed by atoms with Crippen LogP contribution in [0.1, 0.15) is 228 Å². The number of benzene rings is 4. The largest absolute Gasteiger partial charge is 1.00 e. The number of nitriles is 1. The quantitative estimate of drug-likeness (QED) is 0.0173. The zero-order chi connectivity index (χ0) is 70.2. The SMILES string of the molecule is CCN1/C(=C/C=C/C2=[N+](CCCCCC(=O)NCCCCCCO)c3ccccc3C2(C)C)C(C)(C)c2ccccc21.CCN1/C(=C/C=C/C2=[N+](CCCCCC(=O)NCCCCCCOP(OCCC#N)N(C(C)C)C(C)C)c3ccccc3C2(C)C)C(C)(C)c2ccccc21.[I-].[I-]. The van der Waals surface area contributed by atoms with Gasteiger partial charge in [-0.3, -0.25) is 9.59 Å². The fraction of sp³-hybridized carbons (Fsp3) is 0.554. The number of halogens is 2. The highest BCUT2D eigenvalue weighted by Gasteiger charge is 2.46. The van der Waals surface area contributed by atoms with E-state index >= 15 is 0 Å². The van der Waals surface area contributed by atoms with Gasteiger partial charge in [-0.1, -0.05) is 138 Å². The van der Waals surface area contributed by atoms with Crippen LogP contribution < -0.4 is 68.4 Å². The Balaban J connectivity index is 0.000000362. The molecule has 0 saturated heterocycles. The molecule has 4 aromatic rings. The average molecular weight is 1600 g/mol. The van der Waals surface area contributed by atoms with Crippen molar-refractivity contribution in [3.05, 3.63) is 167 Å². The van der Waals surface area contributed by atoms with E-state index in [1.165, 1.54) is 67.8 Å². The number of carbonyl (C=O) groups is 2. The Hall–Kier alpha value is -5.06. The first-order valence-corrected chi connectivity index (χ1v) is 38.1. The number of carbonyl (C=O) groups excluding carboxylic acids is 2. The van der Waals surface area contributed by atoms with Crippen molar-refractivity contribution in [2.24, 2.45) is 0 Å². The van der Waals surface area contributed by atoms with Crippen LogP contribution in [-0.4, -0.2) is 113 Å². The van der Waals surface area contributed by atoms with Gasteiger partial charge in [0.1, 0.15) is 13.1 Å². The van der Waals surface area contributed by atoms with E-state index in [4.69, 9.17) is 19.4 Å². The van der Waals surface area contributed by atoms with E-state index in [2.05, 4.69) is 271 Å². The van der Waals surface area contributed by atoms with Gasteiger partial charge < -0.3 is 82.5 Å². The molecule has 13 nitrogen and oxygen atoms in total. The highest BCUT2D eigenvalue weighted by Crippen LogP contribution is 2.50. The van der Waals surface area contributed by atoms with E-state index in [1.807, 2.05) is 0 Å². The van der Waals surface area contributed by atoms with Crippen LogP contribution >= 0.6 is 8.53 Å². The number of hydrogen-bond acceptors (Lipinski definition) is 9. The van der Waals surface area contributed by atoms with Crippen LogP contribution in [0.25, 0.3) is 0 Å². The molecule has 0 aliphatic carbocycles. The fourth-order valence-electron chi connectivity index (χ4n) is 14.9. The smallest absolute Gasteiger partial charge is 0.259 e. The standard InChI is InChI=1S/C46H68N5O3P.C37H51N3O2.2HI/c1-10-49-40-26-17-15-24-38(40)45(6,7)42(49)28-22-29-43-46(8,9)39-25-16-18-27-41(39)50(43)33-20-13-14-30-44(52)48-32-19-11-12-21-34-53-55(54-35-23-31-47)51(36(2)3)37(4)5;1-6-39-31-21-13-11-19-29(31)36(2,3)33(39)23-18-24-34-37(4,5)30-20-12-14-22-32(30)40(34)27-16-9-10-25-35(42)38-26-15-7-8-17-28-41;;/h15-18,22,24-29,36-37H,10-14,19-21,23,30,32-35H2,1-9H3;11-14,18-24,41H,6-10,15-17,25-28H2,1-5H3;2*1H. The maximum Gasteiger partial charge on any atom is 0.259 e. The Morgan fingerprint density at radius 3 is 1.33 bits per heavy atom. The number of nitrogens with zero attached hydrogens (tertiary/aromatic N) is 6. The van der Waals surface area contributed by atoms with Gasteiger partial charge in [0, 0.05) is 140 Å². The van der Waals surface area contributed by atoms with Crippen LogP contribution in [0.2, 0.25) is 0 Å². The van der Waals surface area contributed by atoms with Crippen molar-refractivity contribution < 1.29 is 80.8 Å². The summed E-state index contributed by atoms with van der Waals surface area (Å²) >= 11 is 0. The zero-order valence-electron chi connectivity index (χ0n) is 62.7. The summed E-state index contributed by atoms with van der Waals surface area (Å²) in [6, 6.07) is 38.0. The van der Waals surface area contributed by atoms with E-state index in [0.29, 0.717) is 44.6 Å². The van der Waals surface area contributed by atoms with Gasteiger partial charge in [-0.05, 0) is 156 Å². The molecule has 8 rings (SSSR count). The predicted molar refractivity (Wildman–Crippen MR) is 406 cm³/mol. The van der Waals surface area contributed by atoms with Gasteiger partial charge in [0.15, 0.2) is 11.4 Å². The molecule has 0 fully saturated rings. The van der Waals surface area contributed by atoms with E-state index in [1.54, 1.807) is 0 Å². The number of anilines is 2. The van der Waals surface area contributed by atoms with Crippen molar-refractivity contribution in [1.29, 1.82) is 5.26 Å². The minimum absolute atomic E-state index is 0. The number of unbranched alkanes of at least 4 members (excludes halogenated alkanes) is 10. The Labute approximate surface area is 633 Å².